The Hall–Kier alpha value is -3.22. The topological polar surface area (TPSA) is 96.0 Å². The average molecular weight is 401 g/mol. The van der Waals surface area contributed by atoms with Gasteiger partial charge in [-0.1, -0.05) is 0 Å². The van der Waals surface area contributed by atoms with Crippen LogP contribution in [0.25, 0.3) is 5.69 Å². The standard InChI is InChI=1S/C14H7F4N5O3S/c15-8-1-6-12(11(7-8)23(24)25)27-13-19-20-21-22(13)9-2-4-10(5-3-9)26-14(16,17)18/h1-7H. The number of nitro groups is 1. The van der Waals surface area contributed by atoms with Gasteiger partial charge in [-0.05, 0) is 58.6 Å². The summed E-state index contributed by atoms with van der Waals surface area (Å²) in [6.07, 6.45) is -4.82. The van der Waals surface area contributed by atoms with E-state index in [1.54, 1.807) is 0 Å². The average Bonchev–Trinajstić information content (AvgIpc) is 3.04. The highest BCUT2D eigenvalue weighted by Crippen LogP contribution is 2.34. The minimum absolute atomic E-state index is 0.0918. The number of benzene rings is 2. The van der Waals surface area contributed by atoms with E-state index in [0.29, 0.717) is 5.69 Å². The number of tetrazole rings is 1. The summed E-state index contributed by atoms with van der Waals surface area (Å²) in [4.78, 5) is 10.4. The van der Waals surface area contributed by atoms with E-state index in [9.17, 15) is 27.7 Å². The lowest BCUT2D eigenvalue weighted by molar-refractivity contribution is -0.387. The molecule has 0 saturated carbocycles. The fourth-order valence-electron chi connectivity index (χ4n) is 2.01. The van der Waals surface area contributed by atoms with Gasteiger partial charge in [-0.15, -0.1) is 18.3 Å². The number of ether oxygens (including phenoxy) is 1. The molecule has 2 aromatic carbocycles. The number of nitro benzene ring substituents is 1. The van der Waals surface area contributed by atoms with Crippen LogP contribution in [0.3, 0.4) is 0 Å². The minimum Gasteiger partial charge on any atom is -0.406 e. The first-order valence-corrected chi connectivity index (χ1v) is 7.81. The number of hydrogen-bond acceptors (Lipinski definition) is 7. The van der Waals surface area contributed by atoms with E-state index in [1.165, 1.54) is 18.2 Å². The monoisotopic (exact) mass is 401 g/mol. The third kappa shape index (κ3) is 4.49. The van der Waals surface area contributed by atoms with Crippen molar-refractivity contribution >= 4 is 17.4 Å². The first-order valence-electron chi connectivity index (χ1n) is 6.99. The second kappa shape index (κ2) is 7.19. The summed E-state index contributed by atoms with van der Waals surface area (Å²) >= 11 is 0.801. The third-order valence-electron chi connectivity index (χ3n) is 3.07. The van der Waals surface area contributed by atoms with Crippen molar-refractivity contribution in [3.05, 3.63) is 58.4 Å². The summed E-state index contributed by atoms with van der Waals surface area (Å²) in [7, 11) is 0. The van der Waals surface area contributed by atoms with Gasteiger partial charge >= 0.3 is 6.36 Å². The second-order valence-corrected chi connectivity index (χ2v) is 5.90. The summed E-state index contributed by atoms with van der Waals surface area (Å²) < 4.78 is 54.8. The van der Waals surface area contributed by atoms with Crippen LogP contribution in [0.15, 0.2) is 52.5 Å². The fraction of sp³-hybridized carbons (Fsp3) is 0.0714. The highest BCUT2D eigenvalue weighted by atomic mass is 32.2. The number of halogens is 4. The molecule has 0 atom stereocenters. The number of hydrogen-bond donors (Lipinski definition) is 0. The smallest absolute Gasteiger partial charge is 0.406 e. The zero-order chi connectivity index (χ0) is 19.6. The van der Waals surface area contributed by atoms with E-state index in [2.05, 4.69) is 20.3 Å². The van der Waals surface area contributed by atoms with Gasteiger partial charge in [-0.3, -0.25) is 10.1 Å². The van der Waals surface area contributed by atoms with E-state index < -0.39 is 28.5 Å². The first-order chi connectivity index (χ1) is 12.7. The van der Waals surface area contributed by atoms with Crippen LogP contribution < -0.4 is 4.74 Å². The molecule has 0 unspecified atom stereocenters. The molecule has 0 N–H and O–H groups in total. The maximum absolute atomic E-state index is 13.2. The lowest BCUT2D eigenvalue weighted by Gasteiger charge is -2.09. The molecule has 3 rings (SSSR count). The van der Waals surface area contributed by atoms with Crippen molar-refractivity contribution in [3.8, 4) is 11.4 Å². The van der Waals surface area contributed by atoms with E-state index in [-0.39, 0.29) is 10.1 Å². The Morgan fingerprint density at radius 1 is 1.15 bits per heavy atom. The molecule has 1 aromatic heterocycles. The number of alkyl halides is 3. The summed E-state index contributed by atoms with van der Waals surface area (Å²) in [5, 5.41) is 22.1. The summed E-state index contributed by atoms with van der Waals surface area (Å²) in [5.41, 5.74) is -0.176. The zero-order valence-electron chi connectivity index (χ0n) is 12.9. The maximum atomic E-state index is 13.2. The van der Waals surface area contributed by atoms with Crippen molar-refractivity contribution in [2.75, 3.05) is 0 Å². The highest BCUT2D eigenvalue weighted by Gasteiger charge is 2.31. The van der Waals surface area contributed by atoms with Crippen LogP contribution in [0.5, 0.6) is 5.75 Å². The van der Waals surface area contributed by atoms with Crippen molar-refractivity contribution in [1.82, 2.24) is 20.2 Å². The van der Waals surface area contributed by atoms with Gasteiger partial charge in [0.1, 0.15) is 11.6 Å². The van der Waals surface area contributed by atoms with Crippen LogP contribution in [-0.2, 0) is 0 Å². The van der Waals surface area contributed by atoms with Gasteiger partial charge in [0.2, 0.25) is 5.16 Å². The van der Waals surface area contributed by atoms with Gasteiger partial charge < -0.3 is 4.74 Å². The van der Waals surface area contributed by atoms with E-state index >= 15 is 0 Å². The molecule has 0 aliphatic carbocycles. The Kier molecular flexibility index (Phi) is 4.94. The third-order valence-corrected chi connectivity index (χ3v) is 4.08. The van der Waals surface area contributed by atoms with Crippen molar-refractivity contribution in [2.45, 2.75) is 16.4 Å². The fourth-order valence-corrected chi connectivity index (χ4v) is 2.89. The molecule has 13 heteroatoms. The van der Waals surface area contributed by atoms with Crippen LogP contribution in [0.4, 0.5) is 23.2 Å². The van der Waals surface area contributed by atoms with Gasteiger partial charge in [0.15, 0.2) is 0 Å². The molecule has 1 heterocycles. The summed E-state index contributed by atoms with van der Waals surface area (Å²) in [5.74, 6) is -1.20. The predicted molar refractivity (Wildman–Crippen MR) is 83.0 cm³/mol. The summed E-state index contributed by atoms with van der Waals surface area (Å²) in [6.45, 7) is 0. The van der Waals surface area contributed by atoms with Crippen molar-refractivity contribution in [2.24, 2.45) is 0 Å². The molecule has 0 aliphatic heterocycles. The minimum atomic E-state index is -4.82. The Morgan fingerprint density at radius 2 is 1.85 bits per heavy atom. The van der Waals surface area contributed by atoms with Crippen LogP contribution in [-0.4, -0.2) is 31.5 Å². The zero-order valence-corrected chi connectivity index (χ0v) is 13.7. The quantitative estimate of drug-likeness (QED) is 0.365. The Bertz CT molecular complexity index is 978. The molecule has 3 aromatic rings. The van der Waals surface area contributed by atoms with Crippen molar-refractivity contribution in [1.29, 1.82) is 0 Å². The highest BCUT2D eigenvalue weighted by molar-refractivity contribution is 7.99. The molecule has 8 nitrogen and oxygen atoms in total. The molecule has 0 spiro atoms. The largest absolute Gasteiger partial charge is 0.573 e. The van der Waals surface area contributed by atoms with Crippen LogP contribution in [0.1, 0.15) is 0 Å². The second-order valence-electron chi connectivity index (χ2n) is 4.89. The molecule has 0 fully saturated rings. The number of rotatable bonds is 5. The molecule has 0 radical (unpaired) electrons. The number of aromatic nitrogens is 4. The molecule has 140 valence electrons. The normalized spacial score (nSPS) is 11.4. The van der Waals surface area contributed by atoms with Gasteiger partial charge in [-0.25, -0.2) is 4.39 Å². The van der Waals surface area contributed by atoms with Crippen LogP contribution >= 0.6 is 11.8 Å². The Labute approximate surface area is 151 Å². The van der Waals surface area contributed by atoms with Gasteiger partial charge in [-0.2, -0.15) is 4.68 Å². The predicted octanol–water partition coefficient (Wildman–Crippen LogP) is 3.76. The van der Waals surface area contributed by atoms with E-state index in [4.69, 9.17) is 0 Å². The molecule has 27 heavy (non-hydrogen) atoms. The molecule has 0 aliphatic rings. The Morgan fingerprint density at radius 3 is 2.48 bits per heavy atom. The summed E-state index contributed by atoms with van der Waals surface area (Å²) in [6, 6.07) is 7.71. The van der Waals surface area contributed by atoms with E-state index in [1.807, 2.05) is 0 Å². The molecule has 0 amide bonds. The molecule has 0 saturated heterocycles. The van der Waals surface area contributed by atoms with E-state index in [0.717, 1.165) is 40.7 Å². The van der Waals surface area contributed by atoms with Crippen molar-refractivity contribution < 1.29 is 27.2 Å². The lowest BCUT2D eigenvalue weighted by atomic mass is 10.3. The van der Waals surface area contributed by atoms with Gasteiger partial charge in [0.05, 0.1) is 21.6 Å². The van der Waals surface area contributed by atoms with Gasteiger partial charge in [0.25, 0.3) is 5.69 Å². The van der Waals surface area contributed by atoms with Gasteiger partial charge in [0, 0.05) is 0 Å². The van der Waals surface area contributed by atoms with Crippen LogP contribution in [0, 0.1) is 15.9 Å². The van der Waals surface area contributed by atoms with Crippen molar-refractivity contribution in [3.63, 3.8) is 0 Å². The first kappa shape index (κ1) is 18.6. The molecular weight excluding hydrogens is 394 g/mol. The molecular formula is C14H7F4N5O3S. The molecule has 0 bridgehead atoms. The number of nitrogens with zero attached hydrogens (tertiary/aromatic N) is 5. The maximum Gasteiger partial charge on any atom is 0.573 e. The van der Waals surface area contributed by atoms with Crippen LogP contribution in [0.2, 0.25) is 0 Å². The SMILES string of the molecule is O=[N+]([O-])c1cc(F)ccc1Sc1nnnn1-c1ccc(OC(F)(F)F)cc1. The lowest BCUT2D eigenvalue weighted by Crippen LogP contribution is -2.17. The Balaban J connectivity index is 1.88.